The molecule has 4 nitrogen and oxygen atoms in total. The number of carboxylic acid groups (broad SMARTS) is 1. The predicted molar refractivity (Wildman–Crippen MR) is 58.3 cm³/mol. The summed E-state index contributed by atoms with van der Waals surface area (Å²) in [6.45, 7) is 0.350. The quantitative estimate of drug-likeness (QED) is 0.858. The first kappa shape index (κ1) is 9.92. The second kappa shape index (κ2) is 3.86. The lowest BCUT2D eigenvalue weighted by molar-refractivity contribution is -0.137. The fraction of sp³-hybridized carbons (Fsp3) is 0.200. The molecule has 2 rings (SSSR count). The predicted octanol–water partition coefficient (Wildman–Crippen LogP) is 1.54. The first-order valence-corrected chi connectivity index (χ1v) is 5.26. The van der Waals surface area contributed by atoms with E-state index in [1.807, 2.05) is 12.1 Å². The van der Waals surface area contributed by atoms with Crippen LogP contribution in [0, 0.1) is 0 Å². The van der Waals surface area contributed by atoms with E-state index in [4.69, 9.17) is 5.11 Å². The van der Waals surface area contributed by atoms with Crippen LogP contribution in [0.15, 0.2) is 29.1 Å². The normalized spacial score (nSPS) is 10.7. The van der Waals surface area contributed by atoms with Crippen LogP contribution in [0.3, 0.4) is 0 Å². The Balaban J connectivity index is 2.43. The molecule has 78 valence electrons. The molecule has 2 aromatic rings. The Morgan fingerprint density at radius 1 is 1.40 bits per heavy atom. The Bertz CT molecular complexity index is 555. The number of carbonyl (C=O) groups is 1. The fourth-order valence-corrected chi connectivity index (χ4v) is 2.34. The van der Waals surface area contributed by atoms with E-state index in [1.54, 1.807) is 16.1 Å². The smallest absolute Gasteiger partial charge is 0.305 e. The van der Waals surface area contributed by atoms with E-state index >= 15 is 0 Å². The summed E-state index contributed by atoms with van der Waals surface area (Å²) >= 11 is 1.07. The van der Waals surface area contributed by atoms with E-state index in [1.165, 1.54) is 0 Å². The number of aliphatic carboxylic acids is 1. The number of aromatic nitrogens is 1. The number of para-hydroxylation sites is 1. The van der Waals surface area contributed by atoms with Gasteiger partial charge in [-0.2, -0.15) is 0 Å². The molecule has 0 saturated heterocycles. The third kappa shape index (κ3) is 1.92. The summed E-state index contributed by atoms with van der Waals surface area (Å²) in [5.74, 6) is -0.854. The lowest BCUT2D eigenvalue weighted by Crippen LogP contribution is -2.01. The summed E-state index contributed by atoms with van der Waals surface area (Å²) in [6, 6.07) is 7.23. The zero-order chi connectivity index (χ0) is 10.8. The Morgan fingerprint density at radius 2 is 2.13 bits per heavy atom. The lowest BCUT2D eigenvalue weighted by Gasteiger charge is -1.99. The van der Waals surface area contributed by atoms with Crippen molar-refractivity contribution < 1.29 is 9.90 Å². The monoisotopic (exact) mass is 223 g/mol. The van der Waals surface area contributed by atoms with Crippen molar-refractivity contribution in [1.29, 1.82) is 0 Å². The standard InChI is InChI=1S/C10H9NO3S/c12-9(13)5-6-11-8-4-2-1-3-7(8)10(14)15-11/h1-4H,5-6H2,(H,12,13). The molecule has 15 heavy (non-hydrogen) atoms. The van der Waals surface area contributed by atoms with E-state index in [2.05, 4.69) is 0 Å². The second-order valence-corrected chi connectivity index (χ2v) is 4.14. The number of benzene rings is 1. The molecular formula is C10H9NO3S. The summed E-state index contributed by atoms with van der Waals surface area (Å²) in [5, 5.41) is 9.23. The van der Waals surface area contributed by atoms with Gasteiger partial charge in [0.1, 0.15) is 0 Å². The van der Waals surface area contributed by atoms with Gasteiger partial charge in [-0.05, 0) is 23.7 Å². The summed E-state index contributed by atoms with van der Waals surface area (Å²) in [4.78, 5) is 21.9. The molecule has 1 aromatic carbocycles. The van der Waals surface area contributed by atoms with Crippen molar-refractivity contribution in [3.63, 3.8) is 0 Å². The van der Waals surface area contributed by atoms with Crippen molar-refractivity contribution >= 4 is 28.4 Å². The van der Waals surface area contributed by atoms with Gasteiger partial charge in [0.25, 0.3) is 4.74 Å². The molecule has 0 amide bonds. The van der Waals surface area contributed by atoms with Crippen LogP contribution in [0.4, 0.5) is 0 Å². The Morgan fingerprint density at radius 3 is 2.87 bits per heavy atom. The maximum Gasteiger partial charge on any atom is 0.305 e. The summed E-state index contributed by atoms with van der Waals surface area (Å²) < 4.78 is 1.71. The van der Waals surface area contributed by atoms with Crippen LogP contribution in [-0.2, 0) is 11.3 Å². The second-order valence-electron chi connectivity index (χ2n) is 3.14. The molecule has 0 atom stereocenters. The maximum absolute atomic E-state index is 11.5. The van der Waals surface area contributed by atoms with Crippen molar-refractivity contribution in [2.75, 3.05) is 0 Å². The zero-order valence-electron chi connectivity index (χ0n) is 7.84. The first-order valence-electron chi connectivity index (χ1n) is 4.49. The molecular weight excluding hydrogens is 214 g/mol. The van der Waals surface area contributed by atoms with E-state index in [0.717, 1.165) is 17.0 Å². The van der Waals surface area contributed by atoms with Gasteiger partial charge in [0, 0.05) is 6.54 Å². The minimum Gasteiger partial charge on any atom is -0.481 e. The highest BCUT2D eigenvalue weighted by molar-refractivity contribution is 7.05. The van der Waals surface area contributed by atoms with E-state index in [9.17, 15) is 9.59 Å². The Hall–Kier alpha value is -1.62. The fourth-order valence-electron chi connectivity index (χ4n) is 1.43. The average molecular weight is 223 g/mol. The number of aryl methyl sites for hydroxylation is 1. The van der Waals surface area contributed by atoms with Gasteiger partial charge in [-0.3, -0.25) is 13.5 Å². The highest BCUT2D eigenvalue weighted by Gasteiger charge is 2.07. The highest BCUT2D eigenvalue weighted by atomic mass is 32.1. The van der Waals surface area contributed by atoms with Crippen LogP contribution in [0.1, 0.15) is 6.42 Å². The number of fused-ring (bicyclic) bond motifs is 1. The van der Waals surface area contributed by atoms with Crippen molar-refractivity contribution in [2.24, 2.45) is 0 Å². The van der Waals surface area contributed by atoms with Crippen LogP contribution in [-0.4, -0.2) is 15.0 Å². The molecule has 1 heterocycles. The van der Waals surface area contributed by atoms with Gasteiger partial charge in [0.15, 0.2) is 0 Å². The maximum atomic E-state index is 11.5. The van der Waals surface area contributed by atoms with Crippen molar-refractivity contribution in [2.45, 2.75) is 13.0 Å². The van der Waals surface area contributed by atoms with Gasteiger partial charge in [-0.15, -0.1) is 0 Å². The third-order valence-electron chi connectivity index (χ3n) is 2.11. The highest BCUT2D eigenvalue weighted by Crippen LogP contribution is 2.14. The number of hydrogen-bond donors (Lipinski definition) is 1. The summed E-state index contributed by atoms with van der Waals surface area (Å²) in [5.41, 5.74) is 0.814. The first-order chi connectivity index (χ1) is 7.18. The van der Waals surface area contributed by atoms with Gasteiger partial charge in [-0.25, -0.2) is 0 Å². The van der Waals surface area contributed by atoms with E-state index < -0.39 is 5.97 Å². The van der Waals surface area contributed by atoms with Gasteiger partial charge in [0.05, 0.1) is 17.3 Å². The van der Waals surface area contributed by atoms with Crippen LogP contribution in [0.2, 0.25) is 0 Å². The molecule has 1 N–H and O–H groups in total. The minimum atomic E-state index is -0.854. The van der Waals surface area contributed by atoms with Gasteiger partial charge < -0.3 is 5.11 Å². The SMILES string of the molecule is O=C(O)CCn1sc(=O)c2ccccc21. The summed E-state index contributed by atoms with van der Waals surface area (Å²) in [7, 11) is 0. The molecule has 0 fully saturated rings. The van der Waals surface area contributed by atoms with Gasteiger partial charge in [0.2, 0.25) is 0 Å². The third-order valence-corrected chi connectivity index (χ3v) is 3.10. The van der Waals surface area contributed by atoms with Crippen LogP contribution in [0.5, 0.6) is 0 Å². The molecule has 0 spiro atoms. The number of carboxylic acids is 1. The van der Waals surface area contributed by atoms with E-state index in [0.29, 0.717) is 11.9 Å². The molecule has 0 bridgehead atoms. The van der Waals surface area contributed by atoms with Crippen molar-refractivity contribution in [3.05, 3.63) is 33.8 Å². The minimum absolute atomic E-state index is 0.0176. The van der Waals surface area contributed by atoms with Gasteiger partial charge >= 0.3 is 5.97 Å². The molecule has 0 aliphatic rings. The van der Waals surface area contributed by atoms with Crippen molar-refractivity contribution in [3.8, 4) is 0 Å². The van der Waals surface area contributed by atoms with Crippen molar-refractivity contribution in [1.82, 2.24) is 3.96 Å². The van der Waals surface area contributed by atoms with Crippen LogP contribution < -0.4 is 4.74 Å². The molecule has 0 radical (unpaired) electrons. The Labute approximate surface area is 89.5 Å². The summed E-state index contributed by atoms with van der Waals surface area (Å²) in [6.07, 6.45) is 0.0363. The average Bonchev–Trinajstić information content (AvgIpc) is 2.54. The van der Waals surface area contributed by atoms with Crippen LogP contribution in [0.25, 0.3) is 10.9 Å². The number of rotatable bonds is 3. The molecule has 5 heteroatoms. The largest absolute Gasteiger partial charge is 0.481 e. The lowest BCUT2D eigenvalue weighted by atomic mass is 10.2. The Kier molecular flexibility index (Phi) is 2.55. The molecule has 0 saturated carbocycles. The van der Waals surface area contributed by atoms with Gasteiger partial charge in [-0.1, -0.05) is 12.1 Å². The van der Waals surface area contributed by atoms with E-state index in [-0.39, 0.29) is 11.2 Å². The van der Waals surface area contributed by atoms with Crippen LogP contribution >= 0.6 is 11.5 Å². The number of hydrogen-bond acceptors (Lipinski definition) is 3. The molecule has 0 aliphatic heterocycles. The topological polar surface area (TPSA) is 59.3 Å². The molecule has 0 unspecified atom stereocenters. The molecule has 0 aliphatic carbocycles. The zero-order valence-corrected chi connectivity index (χ0v) is 8.66. The molecule has 1 aromatic heterocycles. The number of nitrogens with zero attached hydrogens (tertiary/aromatic N) is 1.